The normalized spacial score (nSPS) is 26.6. The van der Waals surface area contributed by atoms with Crippen LogP contribution >= 0.6 is 0 Å². The lowest BCUT2D eigenvalue weighted by Gasteiger charge is -2.46. The van der Waals surface area contributed by atoms with Crippen LogP contribution in [0.2, 0.25) is 0 Å². The van der Waals surface area contributed by atoms with Crippen LogP contribution in [0.4, 0.5) is 11.5 Å². The molecule has 3 aliphatic rings. The average Bonchev–Trinajstić information content (AvgIpc) is 3.20. The number of piperidine rings is 2. The molecule has 2 unspecified atom stereocenters. The largest absolute Gasteiger partial charge is 0.392 e. The minimum Gasteiger partial charge on any atom is -0.392 e. The summed E-state index contributed by atoms with van der Waals surface area (Å²) in [6, 6.07) is 12.7. The molecule has 2 aromatic rings. The number of likely N-dealkylation sites (tertiary alicyclic amines) is 1. The molecule has 4 heterocycles. The summed E-state index contributed by atoms with van der Waals surface area (Å²) in [5.74, 6) is 1.75. The van der Waals surface area contributed by atoms with Gasteiger partial charge in [-0.2, -0.15) is 5.26 Å². The molecule has 2 fully saturated rings. The number of aliphatic hydroxyl groups excluding tert-OH is 1. The molecule has 33 heavy (non-hydrogen) atoms. The van der Waals surface area contributed by atoms with Crippen LogP contribution in [0.5, 0.6) is 0 Å². The van der Waals surface area contributed by atoms with E-state index in [2.05, 4.69) is 58.2 Å². The molecular formula is C27H35N5O. The zero-order valence-electron chi connectivity index (χ0n) is 19.8. The van der Waals surface area contributed by atoms with Crippen molar-refractivity contribution >= 4 is 11.5 Å². The number of nitrogens with zero attached hydrogens (tertiary/aromatic N) is 4. The Morgan fingerprint density at radius 3 is 2.82 bits per heavy atom. The van der Waals surface area contributed by atoms with E-state index in [1.807, 2.05) is 6.07 Å². The van der Waals surface area contributed by atoms with E-state index in [1.54, 1.807) is 12.3 Å². The van der Waals surface area contributed by atoms with Crippen molar-refractivity contribution in [2.24, 2.45) is 11.8 Å². The van der Waals surface area contributed by atoms with Gasteiger partial charge in [-0.05, 0) is 73.9 Å². The van der Waals surface area contributed by atoms with Crippen molar-refractivity contribution in [2.75, 3.05) is 49.5 Å². The van der Waals surface area contributed by atoms with Gasteiger partial charge in [0.1, 0.15) is 5.82 Å². The monoisotopic (exact) mass is 445 g/mol. The first-order chi connectivity index (χ1) is 16.0. The molecule has 1 aromatic carbocycles. The van der Waals surface area contributed by atoms with Crippen LogP contribution in [-0.4, -0.2) is 60.4 Å². The summed E-state index contributed by atoms with van der Waals surface area (Å²) in [5, 5.41) is 23.9. The molecule has 0 aliphatic carbocycles. The number of nitriles is 1. The summed E-state index contributed by atoms with van der Waals surface area (Å²) in [5.41, 5.74) is 4.99. The summed E-state index contributed by atoms with van der Waals surface area (Å²) >= 11 is 0. The Bertz CT molecular complexity index is 1040. The standard InChI is InChI=1S/C27H35N5O/c1-19-3-4-23-24(13-19)30-18-27(23)8-12-31(16-20(27)2)17-25(33)22-6-10-32(11-7-22)26-14-21(15-28)5-9-29-26/h3-5,9,13-14,20,22,25,30,33H,6-8,10-12,16-18H2,1-2H3/t20?,25-,27?/m1/s1. The molecule has 0 radical (unpaired) electrons. The highest BCUT2D eigenvalue weighted by atomic mass is 16.3. The third kappa shape index (κ3) is 4.20. The number of aliphatic hydroxyl groups is 1. The third-order valence-electron chi connectivity index (χ3n) is 8.38. The van der Waals surface area contributed by atoms with E-state index in [0.717, 1.165) is 64.3 Å². The molecule has 3 atom stereocenters. The quantitative estimate of drug-likeness (QED) is 0.750. The zero-order chi connectivity index (χ0) is 23.0. The number of aromatic nitrogens is 1. The molecular weight excluding hydrogens is 410 g/mol. The van der Waals surface area contributed by atoms with Gasteiger partial charge < -0.3 is 20.2 Å². The van der Waals surface area contributed by atoms with Crippen LogP contribution in [0, 0.1) is 30.1 Å². The molecule has 0 amide bonds. The fraction of sp³-hybridized carbons (Fsp3) is 0.556. The molecule has 5 rings (SSSR count). The van der Waals surface area contributed by atoms with E-state index < -0.39 is 0 Å². The topological polar surface area (TPSA) is 75.4 Å². The predicted octanol–water partition coefficient (Wildman–Crippen LogP) is 3.54. The Balaban J connectivity index is 1.15. The number of benzene rings is 1. The maximum atomic E-state index is 11.1. The lowest BCUT2D eigenvalue weighted by Crippen LogP contribution is -2.52. The van der Waals surface area contributed by atoms with E-state index in [1.165, 1.54) is 16.8 Å². The molecule has 174 valence electrons. The second kappa shape index (κ2) is 8.96. The van der Waals surface area contributed by atoms with Gasteiger partial charge in [-0.1, -0.05) is 19.1 Å². The number of hydrogen-bond donors (Lipinski definition) is 2. The fourth-order valence-corrected chi connectivity index (χ4v) is 6.26. The fourth-order valence-electron chi connectivity index (χ4n) is 6.26. The van der Waals surface area contributed by atoms with Crippen molar-refractivity contribution < 1.29 is 5.11 Å². The van der Waals surface area contributed by atoms with Crippen LogP contribution in [0.25, 0.3) is 0 Å². The van der Waals surface area contributed by atoms with E-state index in [4.69, 9.17) is 5.26 Å². The van der Waals surface area contributed by atoms with Crippen LogP contribution in [0.3, 0.4) is 0 Å². The van der Waals surface area contributed by atoms with Crippen molar-refractivity contribution in [2.45, 2.75) is 44.6 Å². The van der Waals surface area contributed by atoms with Crippen molar-refractivity contribution in [1.29, 1.82) is 5.26 Å². The van der Waals surface area contributed by atoms with E-state index in [0.29, 0.717) is 17.4 Å². The van der Waals surface area contributed by atoms with Gasteiger partial charge >= 0.3 is 0 Å². The van der Waals surface area contributed by atoms with Gasteiger partial charge in [-0.15, -0.1) is 0 Å². The van der Waals surface area contributed by atoms with E-state index >= 15 is 0 Å². The highest BCUT2D eigenvalue weighted by Gasteiger charge is 2.46. The number of rotatable bonds is 4. The Kier molecular flexibility index (Phi) is 6.03. The minimum absolute atomic E-state index is 0.223. The molecule has 6 heteroatoms. The van der Waals surface area contributed by atoms with Gasteiger partial charge in [-0.25, -0.2) is 4.98 Å². The van der Waals surface area contributed by atoms with Crippen LogP contribution in [0.15, 0.2) is 36.5 Å². The summed E-state index contributed by atoms with van der Waals surface area (Å²) in [6.45, 7) is 10.2. The second-order valence-corrected chi connectivity index (χ2v) is 10.4. The number of β-amino-alcohol motifs (C(OH)–C–C–N with tert-alkyl or cyclic N) is 1. The first kappa shape index (κ1) is 22.2. The Hall–Kier alpha value is -2.62. The highest BCUT2D eigenvalue weighted by Crippen LogP contribution is 2.47. The molecule has 1 aromatic heterocycles. The summed E-state index contributed by atoms with van der Waals surface area (Å²) in [7, 11) is 0. The van der Waals surface area contributed by atoms with Crippen molar-refractivity contribution in [3.8, 4) is 6.07 Å². The van der Waals surface area contributed by atoms with E-state index in [9.17, 15) is 5.11 Å². The van der Waals surface area contributed by atoms with Gasteiger partial charge in [-0.3, -0.25) is 0 Å². The van der Waals surface area contributed by atoms with Gasteiger partial charge in [0.05, 0.1) is 17.7 Å². The highest BCUT2D eigenvalue weighted by molar-refractivity contribution is 5.62. The van der Waals surface area contributed by atoms with E-state index in [-0.39, 0.29) is 11.5 Å². The molecule has 1 spiro atoms. The summed E-state index contributed by atoms with van der Waals surface area (Å²) in [6.07, 6.45) is 4.48. The van der Waals surface area contributed by atoms with Gasteiger partial charge in [0.15, 0.2) is 0 Å². The minimum atomic E-state index is -0.288. The maximum Gasteiger partial charge on any atom is 0.129 e. The number of fused-ring (bicyclic) bond motifs is 2. The van der Waals surface area contributed by atoms with Crippen LogP contribution in [0.1, 0.15) is 42.9 Å². The second-order valence-electron chi connectivity index (χ2n) is 10.4. The molecule has 2 saturated heterocycles. The molecule has 2 N–H and O–H groups in total. The van der Waals surface area contributed by atoms with Crippen molar-refractivity contribution in [3.05, 3.63) is 53.2 Å². The Labute approximate surface area is 197 Å². The van der Waals surface area contributed by atoms with Crippen LogP contribution in [-0.2, 0) is 5.41 Å². The number of aryl methyl sites for hydroxylation is 1. The zero-order valence-corrected chi connectivity index (χ0v) is 19.8. The number of pyridine rings is 1. The first-order valence-corrected chi connectivity index (χ1v) is 12.3. The summed E-state index contributed by atoms with van der Waals surface area (Å²) in [4.78, 5) is 9.16. The number of nitrogens with one attached hydrogen (secondary N) is 1. The average molecular weight is 446 g/mol. The molecule has 3 aliphatic heterocycles. The van der Waals surface area contributed by atoms with Gasteiger partial charge in [0, 0.05) is 50.0 Å². The van der Waals surface area contributed by atoms with Crippen LogP contribution < -0.4 is 10.2 Å². The number of anilines is 2. The SMILES string of the molecule is Cc1ccc2c(c1)NCC21CCN(C[C@@H](O)C2CCN(c3cc(C#N)ccn3)CC2)CC1C. The molecule has 0 bridgehead atoms. The lowest BCUT2D eigenvalue weighted by molar-refractivity contribution is 0.0244. The third-order valence-corrected chi connectivity index (χ3v) is 8.38. The van der Waals surface area contributed by atoms with Gasteiger partial charge in [0.2, 0.25) is 0 Å². The maximum absolute atomic E-state index is 11.1. The lowest BCUT2D eigenvalue weighted by atomic mass is 9.67. The van der Waals surface area contributed by atoms with Crippen molar-refractivity contribution in [3.63, 3.8) is 0 Å². The first-order valence-electron chi connectivity index (χ1n) is 12.3. The molecule has 0 saturated carbocycles. The van der Waals surface area contributed by atoms with Crippen molar-refractivity contribution in [1.82, 2.24) is 9.88 Å². The number of hydrogen-bond acceptors (Lipinski definition) is 6. The molecule has 6 nitrogen and oxygen atoms in total. The summed E-state index contributed by atoms with van der Waals surface area (Å²) < 4.78 is 0. The predicted molar refractivity (Wildman–Crippen MR) is 131 cm³/mol. The Morgan fingerprint density at radius 2 is 2.06 bits per heavy atom. The Morgan fingerprint density at radius 1 is 1.24 bits per heavy atom. The smallest absolute Gasteiger partial charge is 0.129 e. The van der Waals surface area contributed by atoms with Gasteiger partial charge in [0.25, 0.3) is 0 Å².